The van der Waals surface area contributed by atoms with Crippen LogP contribution in [-0.2, 0) is 21.6 Å². The Morgan fingerprint density at radius 2 is 1.79 bits per heavy atom. The molecule has 1 aliphatic rings. The van der Waals surface area contributed by atoms with E-state index in [0.29, 0.717) is 11.5 Å². The van der Waals surface area contributed by atoms with Crippen LogP contribution in [0.3, 0.4) is 0 Å². The molecular weight excluding hydrogens is 244 g/mol. The molecular formula is C15H18O4. The number of rotatable bonds is 3. The van der Waals surface area contributed by atoms with Crippen LogP contribution in [0.15, 0.2) is 35.8 Å². The maximum Gasteiger partial charge on any atom is 0.378 e. The van der Waals surface area contributed by atoms with Crippen molar-refractivity contribution in [2.45, 2.75) is 32.8 Å². The van der Waals surface area contributed by atoms with Gasteiger partial charge in [-0.2, -0.15) is 0 Å². The Bertz CT molecular complexity index is 528. The molecule has 0 aliphatic carbocycles. The molecule has 0 radical (unpaired) electrons. The Hall–Kier alpha value is -1.97. The lowest BCUT2D eigenvalue weighted by molar-refractivity contribution is -0.149. The van der Waals surface area contributed by atoms with E-state index in [1.165, 1.54) is 5.56 Å². The van der Waals surface area contributed by atoms with E-state index in [-0.39, 0.29) is 0 Å². The molecule has 0 bridgehead atoms. The van der Waals surface area contributed by atoms with Crippen LogP contribution in [0.4, 0.5) is 0 Å². The summed E-state index contributed by atoms with van der Waals surface area (Å²) in [4.78, 5) is 11.3. The van der Waals surface area contributed by atoms with Crippen molar-refractivity contribution in [3.8, 4) is 0 Å². The number of carbonyl (C=O) groups excluding carboxylic acids is 1. The fourth-order valence-electron chi connectivity index (χ4n) is 2.23. The Balaban J connectivity index is 2.31. The van der Waals surface area contributed by atoms with E-state index < -0.39 is 23.1 Å². The lowest BCUT2D eigenvalue weighted by Crippen LogP contribution is -2.25. The number of esters is 1. The third kappa shape index (κ3) is 2.30. The molecule has 1 aliphatic heterocycles. The summed E-state index contributed by atoms with van der Waals surface area (Å²) in [5.41, 5.74) is 0.520. The van der Waals surface area contributed by atoms with Crippen LogP contribution >= 0.6 is 0 Å². The Morgan fingerprint density at radius 3 is 2.21 bits per heavy atom. The van der Waals surface area contributed by atoms with Crippen LogP contribution in [0, 0.1) is 5.92 Å². The van der Waals surface area contributed by atoms with Crippen LogP contribution in [0.1, 0.15) is 31.9 Å². The topological polar surface area (TPSA) is 66.8 Å². The number of hydrogen-bond donors (Lipinski definition) is 2. The third-order valence-electron chi connectivity index (χ3n) is 3.32. The van der Waals surface area contributed by atoms with Crippen LogP contribution in [0.25, 0.3) is 0 Å². The molecule has 0 aromatic heterocycles. The highest BCUT2D eigenvalue weighted by atomic mass is 16.6. The second kappa shape index (κ2) is 4.61. The molecule has 1 aromatic rings. The second-order valence-corrected chi connectivity index (χ2v) is 5.41. The summed E-state index contributed by atoms with van der Waals surface area (Å²) in [5.74, 6) is -1.49. The minimum Gasteiger partial charge on any atom is -0.505 e. The molecule has 19 heavy (non-hydrogen) atoms. The van der Waals surface area contributed by atoms with Gasteiger partial charge in [0.05, 0.1) is 0 Å². The van der Waals surface area contributed by atoms with Gasteiger partial charge in [-0.15, -0.1) is 0 Å². The van der Waals surface area contributed by atoms with Crippen molar-refractivity contribution in [3.05, 3.63) is 46.9 Å². The summed E-state index contributed by atoms with van der Waals surface area (Å²) < 4.78 is 5.07. The molecule has 4 nitrogen and oxygen atoms in total. The maximum atomic E-state index is 11.3. The zero-order valence-corrected chi connectivity index (χ0v) is 11.3. The van der Waals surface area contributed by atoms with Gasteiger partial charge in [0, 0.05) is 5.56 Å². The minimum absolute atomic E-state index is 0.436. The molecule has 2 N–H and O–H groups in total. The molecule has 0 saturated heterocycles. The Kier molecular flexibility index (Phi) is 3.27. The smallest absolute Gasteiger partial charge is 0.378 e. The number of ether oxygens (including phenoxy) is 1. The van der Waals surface area contributed by atoms with E-state index in [2.05, 4.69) is 13.8 Å². The number of aliphatic hydroxyl groups excluding tert-OH is 2. The fourth-order valence-corrected chi connectivity index (χ4v) is 2.23. The first-order chi connectivity index (χ1) is 8.84. The van der Waals surface area contributed by atoms with Gasteiger partial charge in [0.1, 0.15) is 0 Å². The molecule has 4 heteroatoms. The largest absolute Gasteiger partial charge is 0.505 e. The minimum atomic E-state index is -1.29. The SMILES string of the molecule is CC(C)Cc1ccc([C@@]2(C)OC(=O)C(O)=C2O)cc1. The highest BCUT2D eigenvalue weighted by Crippen LogP contribution is 2.38. The highest BCUT2D eigenvalue weighted by Gasteiger charge is 2.46. The molecule has 0 amide bonds. The molecule has 1 aromatic carbocycles. The van der Waals surface area contributed by atoms with Crippen LogP contribution in [0.2, 0.25) is 0 Å². The van der Waals surface area contributed by atoms with Crippen molar-refractivity contribution in [2.75, 3.05) is 0 Å². The van der Waals surface area contributed by atoms with Gasteiger partial charge in [-0.3, -0.25) is 0 Å². The summed E-state index contributed by atoms with van der Waals surface area (Å²) >= 11 is 0. The molecule has 1 atom stereocenters. The standard InChI is InChI=1S/C15H18O4/c1-9(2)8-10-4-6-11(7-5-10)15(3)13(17)12(16)14(18)19-15/h4-7,9,16-17H,8H2,1-3H3/t15-/m1/s1. The first kappa shape index (κ1) is 13.5. The highest BCUT2D eigenvalue weighted by molar-refractivity contribution is 5.90. The molecule has 0 spiro atoms. The Labute approximate surface area is 112 Å². The molecule has 2 rings (SSSR count). The maximum absolute atomic E-state index is 11.3. The van der Waals surface area contributed by atoms with Crippen LogP contribution in [-0.4, -0.2) is 16.2 Å². The van der Waals surface area contributed by atoms with Crippen molar-refractivity contribution in [3.63, 3.8) is 0 Å². The van der Waals surface area contributed by atoms with Gasteiger partial charge in [0.2, 0.25) is 5.76 Å². The molecule has 1 heterocycles. The van der Waals surface area contributed by atoms with E-state index in [4.69, 9.17) is 4.74 Å². The quantitative estimate of drug-likeness (QED) is 0.822. The summed E-state index contributed by atoms with van der Waals surface area (Å²) in [6.07, 6.45) is 0.962. The molecule has 0 unspecified atom stereocenters. The van der Waals surface area contributed by atoms with Gasteiger partial charge < -0.3 is 14.9 Å². The normalized spacial score (nSPS) is 23.1. The molecule has 0 saturated carbocycles. The van der Waals surface area contributed by atoms with Crippen LogP contribution < -0.4 is 0 Å². The van der Waals surface area contributed by atoms with Crippen LogP contribution in [0.5, 0.6) is 0 Å². The van der Waals surface area contributed by atoms with Crippen molar-refractivity contribution in [1.82, 2.24) is 0 Å². The number of benzene rings is 1. The lowest BCUT2D eigenvalue weighted by atomic mass is 9.92. The van der Waals surface area contributed by atoms with Crippen molar-refractivity contribution in [2.24, 2.45) is 5.92 Å². The van der Waals surface area contributed by atoms with E-state index in [9.17, 15) is 15.0 Å². The summed E-state index contributed by atoms with van der Waals surface area (Å²) in [6, 6.07) is 7.49. The second-order valence-electron chi connectivity index (χ2n) is 5.41. The van der Waals surface area contributed by atoms with Crippen molar-refractivity contribution >= 4 is 5.97 Å². The van der Waals surface area contributed by atoms with Crippen molar-refractivity contribution in [1.29, 1.82) is 0 Å². The van der Waals surface area contributed by atoms with Gasteiger partial charge in [-0.25, -0.2) is 4.79 Å². The summed E-state index contributed by atoms with van der Waals surface area (Å²) in [7, 11) is 0. The first-order valence-corrected chi connectivity index (χ1v) is 6.30. The van der Waals surface area contributed by atoms with Gasteiger partial charge >= 0.3 is 5.97 Å². The zero-order valence-electron chi connectivity index (χ0n) is 11.3. The van der Waals surface area contributed by atoms with Gasteiger partial charge in [0.25, 0.3) is 0 Å². The monoisotopic (exact) mass is 262 g/mol. The van der Waals surface area contributed by atoms with Gasteiger partial charge in [0.15, 0.2) is 11.4 Å². The average molecular weight is 262 g/mol. The van der Waals surface area contributed by atoms with Gasteiger partial charge in [-0.1, -0.05) is 38.1 Å². The van der Waals surface area contributed by atoms with Gasteiger partial charge in [-0.05, 0) is 24.8 Å². The molecule has 102 valence electrons. The summed E-state index contributed by atoms with van der Waals surface area (Å²) in [5, 5.41) is 19.2. The van der Waals surface area contributed by atoms with E-state index >= 15 is 0 Å². The number of hydrogen-bond acceptors (Lipinski definition) is 4. The summed E-state index contributed by atoms with van der Waals surface area (Å²) in [6.45, 7) is 5.84. The van der Waals surface area contributed by atoms with E-state index in [0.717, 1.165) is 6.42 Å². The number of aliphatic hydroxyl groups is 2. The number of cyclic esters (lactones) is 1. The molecule has 0 fully saturated rings. The Morgan fingerprint density at radius 1 is 1.21 bits per heavy atom. The third-order valence-corrected chi connectivity index (χ3v) is 3.32. The average Bonchev–Trinajstić information content (AvgIpc) is 2.54. The van der Waals surface area contributed by atoms with Crippen molar-refractivity contribution < 1.29 is 19.7 Å². The predicted molar refractivity (Wildman–Crippen MR) is 70.7 cm³/mol. The van der Waals surface area contributed by atoms with E-state index in [1.807, 2.05) is 12.1 Å². The number of carbonyl (C=O) groups is 1. The first-order valence-electron chi connectivity index (χ1n) is 6.30. The predicted octanol–water partition coefficient (Wildman–Crippen LogP) is 2.98. The fraction of sp³-hybridized carbons (Fsp3) is 0.400. The lowest BCUT2D eigenvalue weighted by Gasteiger charge is -2.23. The van der Waals surface area contributed by atoms with E-state index in [1.54, 1.807) is 19.1 Å². The zero-order chi connectivity index (χ0) is 14.2.